The fraction of sp³-hybridized carbons (Fsp3) is 0.290. The van der Waals surface area contributed by atoms with Gasteiger partial charge in [0, 0.05) is 34.8 Å². The van der Waals surface area contributed by atoms with Crippen LogP contribution in [0.2, 0.25) is 0 Å². The molecule has 230 valence electrons. The smallest absolute Gasteiger partial charge is 0.424 e. The molecule has 4 aromatic rings. The van der Waals surface area contributed by atoms with Gasteiger partial charge in [-0.15, -0.1) is 0 Å². The third-order valence-electron chi connectivity index (χ3n) is 7.58. The largest absolute Gasteiger partial charge is 0.494 e. The number of ether oxygens (including phenoxy) is 2. The molecule has 0 radical (unpaired) electrons. The molecule has 3 N–H and O–H groups in total. The first-order valence-corrected chi connectivity index (χ1v) is 13.6. The Labute approximate surface area is 249 Å². The first-order valence-electron chi connectivity index (χ1n) is 13.6. The molecule has 0 aliphatic carbocycles. The lowest BCUT2D eigenvalue weighted by atomic mass is 9.81. The van der Waals surface area contributed by atoms with Crippen LogP contribution in [0.5, 0.6) is 11.5 Å². The molecule has 3 heterocycles. The molecule has 2 aromatic carbocycles. The maximum Gasteiger partial charge on any atom is 0.424 e. The molecule has 44 heavy (non-hydrogen) atoms. The van der Waals surface area contributed by atoms with Crippen molar-refractivity contribution in [1.82, 2.24) is 20.6 Å². The van der Waals surface area contributed by atoms with Crippen LogP contribution in [0.1, 0.15) is 35.5 Å². The molecule has 0 bridgehead atoms. The first-order chi connectivity index (χ1) is 20.8. The molecule has 1 unspecified atom stereocenters. The molecule has 13 heteroatoms. The number of nitrogens with zero attached hydrogens (tertiary/aromatic N) is 2. The van der Waals surface area contributed by atoms with Crippen LogP contribution in [0.15, 0.2) is 60.8 Å². The highest BCUT2D eigenvalue weighted by Crippen LogP contribution is 2.48. The molecule has 0 spiro atoms. The minimum atomic E-state index is -5.34. The van der Waals surface area contributed by atoms with Crippen molar-refractivity contribution in [2.75, 3.05) is 26.8 Å². The fourth-order valence-corrected chi connectivity index (χ4v) is 5.03. The summed E-state index contributed by atoms with van der Waals surface area (Å²) >= 11 is 0. The molecule has 2 amide bonds. The van der Waals surface area contributed by atoms with E-state index in [2.05, 4.69) is 20.6 Å². The van der Waals surface area contributed by atoms with Gasteiger partial charge in [0.1, 0.15) is 40.5 Å². The molecular formula is C31H28F4N4O5. The highest BCUT2D eigenvalue weighted by molar-refractivity contribution is 6.00. The van der Waals surface area contributed by atoms with Crippen molar-refractivity contribution in [2.45, 2.75) is 31.0 Å². The summed E-state index contributed by atoms with van der Waals surface area (Å²) < 4.78 is 69.1. The number of fused-ring (bicyclic) bond motifs is 2. The van der Waals surface area contributed by atoms with Crippen molar-refractivity contribution in [3.8, 4) is 22.8 Å². The molecule has 2 aromatic heterocycles. The quantitative estimate of drug-likeness (QED) is 0.252. The Morgan fingerprint density at radius 2 is 1.84 bits per heavy atom. The number of aromatic nitrogens is 2. The van der Waals surface area contributed by atoms with Gasteiger partial charge >= 0.3 is 6.18 Å². The number of hydrogen-bond donors (Lipinski definition) is 3. The normalized spacial score (nSPS) is 17.4. The molecule has 5 rings (SSSR count). The van der Waals surface area contributed by atoms with E-state index in [-0.39, 0.29) is 47.0 Å². The topological polar surface area (TPSA) is 123 Å². The monoisotopic (exact) mass is 612 g/mol. The number of amides is 2. The van der Waals surface area contributed by atoms with Crippen molar-refractivity contribution in [3.05, 3.63) is 83.4 Å². The van der Waals surface area contributed by atoms with Crippen molar-refractivity contribution in [1.29, 1.82) is 0 Å². The molecule has 9 nitrogen and oxygen atoms in total. The lowest BCUT2D eigenvalue weighted by molar-refractivity contribution is -0.265. The zero-order valence-corrected chi connectivity index (χ0v) is 23.9. The van der Waals surface area contributed by atoms with Crippen LogP contribution in [0.4, 0.5) is 17.6 Å². The highest BCUT2D eigenvalue weighted by Gasteiger charge is 2.58. The predicted molar refractivity (Wildman–Crippen MR) is 152 cm³/mol. The van der Waals surface area contributed by atoms with E-state index in [0.717, 1.165) is 18.2 Å². The number of rotatable bonds is 8. The second kappa shape index (κ2) is 11.4. The van der Waals surface area contributed by atoms with Gasteiger partial charge in [0.25, 0.3) is 5.91 Å². The Bertz CT molecular complexity index is 1750. The van der Waals surface area contributed by atoms with E-state index < -0.39 is 47.1 Å². The number of nitrogens with one attached hydrogen (secondary N) is 2. The fourth-order valence-electron chi connectivity index (χ4n) is 5.03. The lowest BCUT2D eigenvalue weighted by Gasteiger charge is -2.31. The summed E-state index contributed by atoms with van der Waals surface area (Å²) in [4.78, 5) is 34.6. The maximum absolute atomic E-state index is 14.8. The Morgan fingerprint density at radius 3 is 2.50 bits per heavy atom. The number of pyridine rings is 2. The van der Waals surface area contributed by atoms with Crippen molar-refractivity contribution in [2.24, 2.45) is 0 Å². The predicted octanol–water partition coefficient (Wildman–Crippen LogP) is 4.41. The minimum Gasteiger partial charge on any atom is -0.494 e. The summed E-state index contributed by atoms with van der Waals surface area (Å²) in [7, 11) is 1.37. The standard InChI is InChI=1S/C31H28F4N4O5/c1-4-36-28(41)29(2)16-44-26-21(29)14-23(39-25(26)17-7-9-20(32)10-8-17)30(42,31(33,34)35)15-38-27(40)19-12-18-6-5-11-37-24(18)22(13-19)43-3/h5-14,42H,4,15-16H2,1-3H3,(H,36,41)(H,38,40)/t29-,30?/m0/s1. The average Bonchev–Trinajstić information content (AvgIpc) is 3.36. The zero-order chi connectivity index (χ0) is 31.9. The van der Waals surface area contributed by atoms with Gasteiger partial charge < -0.3 is 25.2 Å². The maximum atomic E-state index is 14.8. The van der Waals surface area contributed by atoms with Crippen LogP contribution in [0.25, 0.3) is 22.2 Å². The van der Waals surface area contributed by atoms with Gasteiger partial charge in [-0.1, -0.05) is 6.07 Å². The number of methoxy groups -OCH3 is 1. The van der Waals surface area contributed by atoms with Crippen molar-refractivity contribution in [3.63, 3.8) is 0 Å². The number of carbonyl (C=O) groups is 2. The Hall–Kier alpha value is -4.78. The number of halogens is 4. The average molecular weight is 613 g/mol. The van der Waals surface area contributed by atoms with Crippen LogP contribution in [-0.2, 0) is 15.8 Å². The van der Waals surface area contributed by atoms with Gasteiger partial charge in [-0.3, -0.25) is 14.6 Å². The zero-order valence-electron chi connectivity index (χ0n) is 23.9. The third-order valence-corrected chi connectivity index (χ3v) is 7.58. The van der Waals surface area contributed by atoms with Crippen molar-refractivity contribution < 1.29 is 41.7 Å². The Kier molecular flexibility index (Phi) is 7.93. The molecule has 0 fully saturated rings. The third kappa shape index (κ3) is 5.27. The number of alkyl halides is 3. The molecule has 1 aliphatic rings. The van der Waals surface area contributed by atoms with E-state index >= 15 is 0 Å². The molecule has 0 saturated heterocycles. The van der Waals surface area contributed by atoms with Crippen LogP contribution < -0.4 is 20.1 Å². The number of hydrogen-bond acceptors (Lipinski definition) is 7. The van der Waals surface area contributed by atoms with E-state index in [1.165, 1.54) is 44.5 Å². The van der Waals surface area contributed by atoms with Gasteiger partial charge in [0.2, 0.25) is 11.5 Å². The van der Waals surface area contributed by atoms with E-state index in [0.29, 0.717) is 10.9 Å². The highest BCUT2D eigenvalue weighted by atomic mass is 19.4. The second-order valence-electron chi connectivity index (χ2n) is 10.5. The summed E-state index contributed by atoms with van der Waals surface area (Å²) in [6, 6.07) is 11.8. The second-order valence-corrected chi connectivity index (χ2v) is 10.5. The van der Waals surface area contributed by atoms with Gasteiger partial charge in [-0.05, 0) is 62.4 Å². The SMILES string of the molecule is CCNC(=O)[C@@]1(C)COc2c1cc(C(O)(CNC(=O)c1cc(OC)c3ncccc3c1)C(F)(F)F)nc2-c1ccc(F)cc1. The molecule has 2 atom stereocenters. The van der Waals surface area contributed by atoms with Gasteiger partial charge in [-0.2, -0.15) is 13.2 Å². The van der Waals surface area contributed by atoms with Crippen molar-refractivity contribution >= 4 is 22.7 Å². The van der Waals surface area contributed by atoms with Crippen LogP contribution in [-0.4, -0.2) is 59.9 Å². The van der Waals surface area contributed by atoms with Gasteiger partial charge in [0.15, 0.2) is 0 Å². The van der Waals surface area contributed by atoms with E-state index in [1.54, 1.807) is 19.1 Å². The Morgan fingerprint density at radius 1 is 1.11 bits per heavy atom. The van der Waals surface area contributed by atoms with E-state index in [4.69, 9.17) is 9.47 Å². The summed E-state index contributed by atoms with van der Waals surface area (Å²) in [5.74, 6) is -1.77. The van der Waals surface area contributed by atoms with Gasteiger partial charge in [0.05, 0.1) is 19.3 Å². The van der Waals surface area contributed by atoms with E-state index in [9.17, 15) is 32.3 Å². The summed E-state index contributed by atoms with van der Waals surface area (Å²) in [6.45, 7) is 1.90. The number of carbonyl (C=O) groups excluding carboxylic acids is 2. The van der Waals surface area contributed by atoms with Crippen LogP contribution >= 0.6 is 0 Å². The van der Waals surface area contributed by atoms with Crippen LogP contribution in [0.3, 0.4) is 0 Å². The number of benzene rings is 2. The van der Waals surface area contributed by atoms with Crippen LogP contribution in [0, 0.1) is 5.82 Å². The van der Waals surface area contributed by atoms with E-state index in [1.807, 2.05) is 0 Å². The number of aliphatic hydroxyl groups is 1. The summed E-state index contributed by atoms with van der Waals surface area (Å²) in [5, 5.41) is 16.7. The molecule has 0 saturated carbocycles. The molecule has 1 aliphatic heterocycles. The summed E-state index contributed by atoms with van der Waals surface area (Å²) in [5.41, 5.74) is -5.51. The number of likely N-dealkylation sites (N-methyl/N-ethyl adjacent to an activating group) is 1. The molecular weight excluding hydrogens is 584 g/mol. The van der Waals surface area contributed by atoms with Gasteiger partial charge in [-0.25, -0.2) is 9.37 Å². The lowest BCUT2D eigenvalue weighted by Crippen LogP contribution is -2.52. The first kappa shape index (κ1) is 30.7. The summed E-state index contributed by atoms with van der Waals surface area (Å²) in [6.07, 6.45) is -3.81. The minimum absolute atomic E-state index is 0.0274. The Balaban J connectivity index is 1.60.